The molecular formula is C14H15Br2NS2. The predicted molar refractivity (Wildman–Crippen MR) is 93.4 cm³/mol. The molecule has 0 radical (unpaired) electrons. The predicted octanol–water partition coefficient (Wildman–Crippen LogP) is 5.20. The van der Waals surface area contributed by atoms with Gasteiger partial charge in [0, 0.05) is 26.0 Å². The molecule has 0 aliphatic heterocycles. The first-order valence-corrected chi connectivity index (χ1v) is 9.36. The van der Waals surface area contributed by atoms with Crippen LogP contribution in [0.3, 0.4) is 0 Å². The summed E-state index contributed by atoms with van der Waals surface area (Å²) >= 11 is 10.7. The van der Waals surface area contributed by atoms with Gasteiger partial charge in [-0.2, -0.15) is 0 Å². The third kappa shape index (κ3) is 5.23. The molecule has 0 aliphatic rings. The quantitative estimate of drug-likeness (QED) is 0.644. The van der Waals surface area contributed by atoms with E-state index in [1.165, 1.54) is 13.6 Å². The van der Waals surface area contributed by atoms with E-state index in [1.54, 1.807) is 0 Å². The van der Waals surface area contributed by atoms with Gasteiger partial charge in [-0.15, -0.1) is 23.1 Å². The van der Waals surface area contributed by atoms with E-state index in [4.69, 9.17) is 0 Å². The molecule has 0 spiro atoms. The van der Waals surface area contributed by atoms with Crippen molar-refractivity contribution in [1.82, 2.24) is 5.32 Å². The highest BCUT2D eigenvalue weighted by molar-refractivity contribution is 9.11. The molecule has 0 amide bonds. The van der Waals surface area contributed by atoms with Gasteiger partial charge in [-0.25, -0.2) is 0 Å². The average molecular weight is 421 g/mol. The highest BCUT2D eigenvalue weighted by atomic mass is 79.9. The van der Waals surface area contributed by atoms with E-state index in [0.29, 0.717) is 6.04 Å². The SMILES string of the molecule is CNC(CSc1cccc(Br)c1)Cc1ccc(Br)s1. The summed E-state index contributed by atoms with van der Waals surface area (Å²) in [6.45, 7) is 0. The minimum absolute atomic E-state index is 0.495. The van der Waals surface area contributed by atoms with Crippen molar-refractivity contribution in [1.29, 1.82) is 0 Å². The molecule has 0 bridgehead atoms. The second-order valence-corrected chi connectivity index (χ2v) is 8.72. The van der Waals surface area contributed by atoms with Gasteiger partial charge >= 0.3 is 0 Å². The summed E-state index contributed by atoms with van der Waals surface area (Å²) < 4.78 is 2.35. The summed E-state index contributed by atoms with van der Waals surface area (Å²) in [6.07, 6.45) is 1.08. The monoisotopic (exact) mass is 419 g/mol. The molecule has 0 fully saturated rings. The zero-order valence-corrected chi connectivity index (χ0v) is 15.3. The van der Waals surface area contributed by atoms with E-state index in [9.17, 15) is 0 Å². The van der Waals surface area contributed by atoms with Gasteiger partial charge < -0.3 is 5.32 Å². The Kier molecular flexibility index (Phi) is 6.42. The van der Waals surface area contributed by atoms with Crippen molar-refractivity contribution >= 4 is 55.0 Å². The minimum atomic E-state index is 0.495. The molecule has 1 aromatic heterocycles. The highest BCUT2D eigenvalue weighted by Gasteiger charge is 2.09. The van der Waals surface area contributed by atoms with Crippen molar-refractivity contribution < 1.29 is 0 Å². The summed E-state index contributed by atoms with van der Waals surface area (Å²) in [7, 11) is 2.04. The first-order valence-electron chi connectivity index (χ1n) is 5.97. The smallest absolute Gasteiger partial charge is 0.0701 e. The Morgan fingerprint density at radius 3 is 2.74 bits per heavy atom. The van der Waals surface area contributed by atoms with Crippen LogP contribution in [0.25, 0.3) is 0 Å². The Labute approximate surface area is 139 Å². The van der Waals surface area contributed by atoms with Crippen molar-refractivity contribution in [3.05, 3.63) is 49.5 Å². The van der Waals surface area contributed by atoms with E-state index in [-0.39, 0.29) is 0 Å². The molecule has 1 atom stereocenters. The molecular weight excluding hydrogens is 406 g/mol. The minimum Gasteiger partial charge on any atom is -0.316 e. The van der Waals surface area contributed by atoms with Crippen LogP contribution in [0.2, 0.25) is 0 Å². The van der Waals surface area contributed by atoms with Crippen LogP contribution < -0.4 is 5.32 Å². The van der Waals surface area contributed by atoms with Crippen LogP contribution in [0.4, 0.5) is 0 Å². The van der Waals surface area contributed by atoms with Crippen molar-refractivity contribution in [2.24, 2.45) is 0 Å². The number of halogens is 2. The normalized spacial score (nSPS) is 12.6. The fourth-order valence-electron chi connectivity index (χ4n) is 1.70. The molecule has 5 heteroatoms. The van der Waals surface area contributed by atoms with Crippen LogP contribution >= 0.6 is 55.0 Å². The molecule has 1 N–H and O–H groups in total. The van der Waals surface area contributed by atoms with Gasteiger partial charge in [0.05, 0.1) is 3.79 Å². The fourth-order valence-corrected chi connectivity index (χ4v) is 4.88. The number of benzene rings is 1. The van der Waals surface area contributed by atoms with Gasteiger partial charge in [-0.3, -0.25) is 0 Å². The zero-order chi connectivity index (χ0) is 13.7. The van der Waals surface area contributed by atoms with Crippen LogP contribution in [0, 0.1) is 0 Å². The summed E-state index contributed by atoms with van der Waals surface area (Å²) in [5.41, 5.74) is 0. The number of thiophene rings is 1. The molecule has 0 aliphatic carbocycles. The van der Waals surface area contributed by atoms with Gasteiger partial charge in [0.1, 0.15) is 0 Å². The number of rotatable bonds is 6. The molecule has 102 valence electrons. The van der Waals surface area contributed by atoms with Crippen LogP contribution in [0.1, 0.15) is 4.88 Å². The Morgan fingerprint density at radius 1 is 1.26 bits per heavy atom. The van der Waals surface area contributed by atoms with Gasteiger partial charge in [0.2, 0.25) is 0 Å². The molecule has 1 heterocycles. The third-order valence-electron chi connectivity index (χ3n) is 2.73. The lowest BCUT2D eigenvalue weighted by atomic mass is 10.2. The largest absolute Gasteiger partial charge is 0.316 e. The average Bonchev–Trinajstić information content (AvgIpc) is 2.80. The standard InChI is InChI=1S/C14H15Br2NS2/c1-17-11(8-13-5-6-14(16)19-13)9-18-12-4-2-3-10(15)7-12/h2-7,11,17H,8-9H2,1H3. The second-order valence-electron chi connectivity index (χ2n) is 4.16. The van der Waals surface area contributed by atoms with E-state index in [1.807, 2.05) is 30.1 Å². The van der Waals surface area contributed by atoms with Crippen LogP contribution in [0.5, 0.6) is 0 Å². The number of nitrogens with one attached hydrogen (secondary N) is 1. The number of hydrogen-bond donors (Lipinski definition) is 1. The Bertz CT molecular complexity index is 528. The van der Waals surface area contributed by atoms with Crippen molar-refractivity contribution in [3.8, 4) is 0 Å². The zero-order valence-electron chi connectivity index (χ0n) is 10.5. The Morgan fingerprint density at radius 2 is 2.11 bits per heavy atom. The molecule has 0 saturated carbocycles. The molecule has 2 aromatic rings. The lowest BCUT2D eigenvalue weighted by Crippen LogP contribution is -2.29. The molecule has 2 rings (SSSR count). The van der Waals surface area contributed by atoms with Crippen molar-refractivity contribution in [2.75, 3.05) is 12.8 Å². The van der Waals surface area contributed by atoms with Crippen LogP contribution in [-0.2, 0) is 6.42 Å². The lowest BCUT2D eigenvalue weighted by Gasteiger charge is -2.14. The van der Waals surface area contributed by atoms with Crippen LogP contribution in [0.15, 0.2) is 49.6 Å². The molecule has 19 heavy (non-hydrogen) atoms. The summed E-state index contributed by atoms with van der Waals surface area (Å²) in [6, 6.07) is 13.3. The van der Waals surface area contributed by atoms with Gasteiger partial charge in [0.25, 0.3) is 0 Å². The number of hydrogen-bond acceptors (Lipinski definition) is 3. The maximum Gasteiger partial charge on any atom is 0.0701 e. The Balaban J connectivity index is 1.89. The summed E-state index contributed by atoms with van der Waals surface area (Å²) in [4.78, 5) is 2.73. The summed E-state index contributed by atoms with van der Waals surface area (Å²) in [5.74, 6) is 1.07. The van der Waals surface area contributed by atoms with E-state index >= 15 is 0 Å². The fraction of sp³-hybridized carbons (Fsp3) is 0.286. The lowest BCUT2D eigenvalue weighted by molar-refractivity contribution is 0.622. The topological polar surface area (TPSA) is 12.0 Å². The first kappa shape index (κ1) is 15.6. The molecule has 1 unspecified atom stereocenters. The van der Waals surface area contributed by atoms with Gasteiger partial charge in [-0.1, -0.05) is 22.0 Å². The van der Waals surface area contributed by atoms with E-state index < -0.39 is 0 Å². The number of likely N-dealkylation sites (N-methyl/N-ethyl adjacent to an activating group) is 1. The highest BCUT2D eigenvalue weighted by Crippen LogP contribution is 2.26. The van der Waals surface area contributed by atoms with Crippen molar-refractivity contribution in [3.63, 3.8) is 0 Å². The molecule has 1 aromatic carbocycles. The van der Waals surface area contributed by atoms with E-state index in [2.05, 4.69) is 73.6 Å². The number of thioether (sulfide) groups is 1. The maximum atomic E-state index is 3.52. The maximum absolute atomic E-state index is 3.52. The van der Waals surface area contributed by atoms with Crippen molar-refractivity contribution in [2.45, 2.75) is 17.4 Å². The van der Waals surface area contributed by atoms with Gasteiger partial charge in [0.15, 0.2) is 0 Å². The second kappa shape index (κ2) is 7.84. The third-order valence-corrected chi connectivity index (χ3v) is 6.03. The Hall–Kier alpha value is 0.190. The van der Waals surface area contributed by atoms with Crippen LogP contribution in [-0.4, -0.2) is 18.8 Å². The van der Waals surface area contributed by atoms with Gasteiger partial charge in [-0.05, 0) is 59.7 Å². The molecule has 0 saturated heterocycles. The summed E-state index contributed by atoms with van der Waals surface area (Å²) in [5, 5.41) is 3.40. The van der Waals surface area contributed by atoms with E-state index in [0.717, 1.165) is 16.6 Å². The first-order chi connectivity index (χ1) is 9.17. The molecule has 1 nitrogen and oxygen atoms in total.